The summed E-state index contributed by atoms with van der Waals surface area (Å²) in [6.45, 7) is 6.26. The molecule has 0 bridgehead atoms. The van der Waals surface area contributed by atoms with E-state index in [1.165, 1.54) is 0 Å². The van der Waals surface area contributed by atoms with Crippen LogP contribution in [0.5, 0.6) is 0 Å². The summed E-state index contributed by atoms with van der Waals surface area (Å²) < 4.78 is 1.78. The van der Waals surface area contributed by atoms with Crippen LogP contribution in [0.1, 0.15) is 29.4 Å². The largest absolute Gasteiger partial charge is 0.272 e. The van der Waals surface area contributed by atoms with Crippen LogP contribution in [-0.4, -0.2) is 19.8 Å². The van der Waals surface area contributed by atoms with Gasteiger partial charge in [0.2, 0.25) is 0 Å². The molecule has 1 aliphatic rings. The third-order valence-corrected chi connectivity index (χ3v) is 6.61. The number of nitrogens with zero attached hydrogens (tertiary/aromatic N) is 3. The van der Waals surface area contributed by atoms with E-state index in [0.717, 1.165) is 44.7 Å². The van der Waals surface area contributed by atoms with E-state index in [-0.39, 0.29) is 5.56 Å². The molecule has 0 amide bonds. The second kappa shape index (κ2) is 7.52. The fourth-order valence-corrected chi connectivity index (χ4v) is 5.37. The third-order valence-electron chi connectivity index (χ3n) is 4.42. The second-order valence-corrected chi connectivity index (χ2v) is 9.29. The van der Waals surface area contributed by atoms with Gasteiger partial charge in [0.15, 0.2) is 5.16 Å². The lowest BCUT2D eigenvalue weighted by atomic mass is 10.1. The minimum absolute atomic E-state index is 0.0443. The van der Waals surface area contributed by atoms with E-state index in [2.05, 4.69) is 44.0 Å². The van der Waals surface area contributed by atoms with E-state index >= 15 is 0 Å². The van der Waals surface area contributed by atoms with Gasteiger partial charge in [-0.05, 0) is 49.2 Å². The van der Waals surface area contributed by atoms with Crippen LogP contribution in [0.2, 0.25) is 0 Å². The van der Waals surface area contributed by atoms with Gasteiger partial charge in [-0.3, -0.25) is 14.3 Å². The van der Waals surface area contributed by atoms with Gasteiger partial charge in [-0.1, -0.05) is 30.8 Å². The first-order chi connectivity index (χ1) is 13.0. The van der Waals surface area contributed by atoms with Crippen LogP contribution in [0.15, 0.2) is 57.4 Å². The van der Waals surface area contributed by atoms with E-state index in [1.807, 2.05) is 18.2 Å². The van der Waals surface area contributed by atoms with Crippen LogP contribution in [0, 0.1) is 13.8 Å². The summed E-state index contributed by atoms with van der Waals surface area (Å²) in [7, 11) is 0. The quantitative estimate of drug-likeness (QED) is 0.478. The van der Waals surface area contributed by atoms with E-state index in [4.69, 9.17) is 4.98 Å². The highest BCUT2D eigenvalue weighted by Crippen LogP contribution is 2.35. The lowest BCUT2D eigenvalue weighted by molar-refractivity contribution is 0.730. The Morgan fingerprint density at radius 1 is 1.22 bits per heavy atom. The number of thioether (sulfide) groups is 2. The number of benzene rings is 1. The summed E-state index contributed by atoms with van der Waals surface area (Å²) >= 11 is 3.21. The normalized spacial score (nSPS) is 15.7. The maximum absolute atomic E-state index is 13.3. The van der Waals surface area contributed by atoms with Gasteiger partial charge in [0.1, 0.15) is 0 Å². The van der Waals surface area contributed by atoms with Crippen LogP contribution in [0.4, 0.5) is 0 Å². The molecule has 3 heterocycles. The van der Waals surface area contributed by atoms with Crippen molar-refractivity contribution in [2.75, 3.05) is 0 Å². The molecular weight excluding hydrogens is 374 g/mol. The van der Waals surface area contributed by atoms with Gasteiger partial charge in [0, 0.05) is 23.6 Å². The molecule has 0 saturated heterocycles. The molecular formula is C21H21N3OS2. The van der Waals surface area contributed by atoms with Crippen molar-refractivity contribution in [1.82, 2.24) is 14.5 Å². The summed E-state index contributed by atoms with van der Waals surface area (Å²) in [5.41, 5.74) is 5.12. The first-order valence-corrected chi connectivity index (χ1v) is 10.8. The standard InChI is InChI=1S/C21H21N3OS2/c1-13-8-14(2)10-17(9-13)24-20(25)19-18(11-15(3)27-19)23-21(24)26-12-16-6-4-5-7-22-16/h4-10,15H,11-12H2,1-3H3. The van der Waals surface area contributed by atoms with Crippen LogP contribution in [0.25, 0.3) is 5.69 Å². The molecule has 3 aromatic rings. The second-order valence-electron chi connectivity index (χ2n) is 6.90. The molecule has 4 nitrogen and oxygen atoms in total. The fourth-order valence-electron chi connectivity index (χ4n) is 3.33. The van der Waals surface area contributed by atoms with Crippen molar-refractivity contribution >= 4 is 23.5 Å². The van der Waals surface area contributed by atoms with Crippen LogP contribution in [0.3, 0.4) is 0 Å². The molecule has 0 fully saturated rings. The number of hydrogen-bond donors (Lipinski definition) is 0. The molecule has 6 heteroatoms. The Morgan fingerprint density at radius 2 is 2.00 bits per heavy atom. The molecule has 0 saturated carbocycles. The molecule has 0 aliphatic carbocycles. The molecule has 0 spiro atoms. The highest BCUT2D eigenvalue weighted by Gasteiger charge is 2.27. The third kappa shape index (κ3) is 3.82. The maximum atomic E-state index is 13.3. The Labute approximate surface area is 167 Å². The number of aryl methyl sites for hydroxylation is 2. The molecule has 4 rings (SSSR count). The van der Waals surface area contributed by atoms with E-state index in [0.29, 0.717) is 11.0 Å². The summed E-state index contributed by atoms with van der Waals surface area (Å²) in [5.74, 6) is 0.680. The molecule has 1 aromatic carbocycles. The average molecular weight is 396 g/mol. The lowest BCUT2D eigenvalue weighted by Crippen LogP contribution is -2.24. The Hall–Kier alpha value is -2.05. The van der Waals surface area contributed by atoms with Crippen molar-refractivity contribution in [1.29, 1.82) is 0 Å². The van der Waals surface area contributed by atoms with Crippen molar-refractivity contribution < 1.29 is 0 Å². The Balaban J connectivity index is 1.82. The highest BCUT2D eigenvalue weighted by molar-refractivity contribution is 8.00. The van der Waals surface area contributed by atoms with E-state index in [1.54, 1.807) is 34.3 Å². The van der Waals surface area contributed by atoms with Crippen LogP contribution >= 0.6 is 23.5 Å². The number of aromatic nitrogens is 3. The first kappa shape index (κ1) is 18.3. The molecule has 0 radical (unpaired) electrons. The molecule has 2 aromatic heterocycles. The van der Waals surface area contributed by atoms with Gasteiger partial charge in [-0.2, -0.15) is 0 Å². The molecule has 138 valence electrons. The van der Waals surface area contributed by atoms with Gasteiger partial charge < -0.3 is 0 Å². The van der Waals surface area contributed by atoms with E-state index < -0.39 is 0 Å². The van der Waals surface area contributed by atoms with Gasteiger partial charge in [0.05, 0.1) is 22.0 Å². The van der Waals surface area contributed by atoms with E-state index in [9.17, 15) is 4.79 Å². The molecule has 27 heavy (non-hydrogen) atoms. The predicted molar refractivity (Wildman–Crippen MR) is 112 cm³/mol. The lowest BCUT2D eigenvalue weighted by Gasteiger charge is -2.15. The van der Waals surface area contributed by atoms with Crippen LogP contribution in [-0.2, 0) is 12.2 Å². The molecule has 1 atom stereocenters. The molecule has 1 aliphatic heterocycles. The van der Waals surface area contributed by atoms with Gasteiger partial charge >= 0.3 is 0 Å². The first-order valence-electron chi connectivity index (χ1n) is 8.95. The van der Waals surface area contributed by atoms with Gasteiger partial charge in [-0.15, -0.1) is 11.8 Å². The van der Waals surface area contributed by atoms with Crippen molar-refractivity contribution in [2.24, 2.45) is 0 Å². The Morgan fingerprint density at radius 3 is 2.70 bits per heavy atom. The summed E-state index contributed by atoms with van der Waals surface area (Å²) in [4.78, 5) is 23.4. The zero-order valence-electron chi connectivity index (χ0n) is 15.6. The molecule has 1 unspecified atom stereocenters. The SMILES string of the molecule is Cc1cc(C)cc(-n2c(SCc3ccccn3)nc3c(c2=O)SC(C)C3)c1. The smallest absolute Gasteiger partial charge is 0.268 e. The van der Waals surface area contributed by atoms with Crippen molar-refractivity contribution in [3.8, 4) is 5.69 Å². The van der Waals surface area contributed by atoms with Crippen LogP contribution < -0.4 is 5.56 Å². The Bertz CT molecular complexity index is 1030. The molecule has 0 N–H and O–H groups in total. The van der Waals surface area contributed by atoms with Gasteiger partial charge in [-0.25, -0.2) is 4.98 Å². The zero-order chi connectivity index (χ0) is 19.0. The average Bonchev–Trinajstić information content (AvgIpc) is 3.01. The number of hydrogen-bond acceptors (Lipinski definition) is 5. The number of rotatable bonds is 4. The number of pyridine rings is 1. The summed E-state index contributed by atoms with van der Waals surface area (Å²) in [6, 6.07) is 12.1. The van der Waals surface area contributed by atoms with Gasteiger partial charge in [0.25, 0.3) is 5.56 Å². The topological polar surface area (TPSA) is 47.8 Å². The zero-order valence-corrected chi connectivity index (χ0v) is 17.2. The predicted octanol–water partition coefficient (Wildman–Crippen LogP) is 4.57. The van der Waals surface area contributed by atoms with Crippen molar-refractivity contribution in [3.05, 3.63) is 75.5 Å². The maximum Gasteiger partial charge on any atom is 0.272 e. The minimum atomic E-state index is 0.0443. The monoisotopic (exact) mass is 395 g/mol. The van der Waals surface area contributed by atoms with Crippen molar-refractivity contribution in [2.45, 2.75) is 48.2 Å². The fraction of sp³-hybridized carbons (Fsp3) is 0.286. The summed E-state index contributed by atoms with van der Waals surface area (Å²) in [5, 5.41) is 1.13. The summed E-state index contributed by atoms with van der Waals surface area (Å²) in [6.07, 6.45) is 2.64. The minimum Gasteiger partial charge on any atom is -0.268 e. The Kier molecular flexibility index (Phi) is 5.10. The van der Waals surface area contributed by atoms with Crippen molar-refractivity contribution in [3.63, 3.8) is 0 Å². The number of fused-ring (bicyclic) bond motifs is 1. The highest BCUT2D eigenvalue weighted by atomic mass is 32.2.